The summed E-state index contributed by atoms with van der Waals surface area (Å²) in [5, 5.41) is 0. The van der Waals surface area contributed by atoms with Crippen molar-refractivity contribution in [2.75, 3.05) is 47.5 Å². The van der Waals surface area contributed by atoms with Crippen LogP contribution in [-0.4, -0.2) is 74.9 Å². The molecule has 0 saturated heterocycles. The molecule has 0 aliphatic carbocycles. The quantitative estimate of drug-likeness (QED) is 0.0234. The molecule has 0 aromatic rings. The van der Waals surface area contributed by atoms with Crippen molar-refractivity contribution in [1.29, 1.82) is 0 Å². The Morgan fingerprint density at radius 1 is 0.638 bits per heavy atom. The maximum atomic E-state index is 12.6. The zero-order valence-electron chi connectivity index (χ0n) is 31.0. The minimum atomic E-state index is -4.36. The number of carbonyl (C=O) groups excluding carboxylic acids is 2. The van der Waals surface area contributed by atoms with Gasteiger partial charge in [-0.3, -0.25) is 18.6 Å². The number of rotatable bonds is 34. The van der Waals surface area contributed by atoms with Crippen molar-refractivity contribution in [2.24, 2.45) is 0 Å². The number of phosphoric acid groups is 1. The zero-order valence-corrected chi connectivity index (χ0v) is 31.9. The number of phosphoric ester groups is 1. The van der Waals surface area contributed by atoms with Crippen LogP contribution < -0.4 is 0 Å². The molecule has 0 spiro atoms. The van der Waals surface area contributed by atoms with Crippen LogP contribution in [0.5, 0.6) is 0 Å². The van der Waals surface area contributed by atoms with Gasteiger partial charge in [0, 0.05) is 12.8 Å². The summed E-state index contributed by atoms with van der Waals surface area (Å²) in [6.45, 7) is 4.37. The highest BCUT2D eigenvalue weighted by Gasteiger charge is 2.27. The SMILES string of the molecule is CCCCCC/C=C\CCCCCCCC(=O)OC(COC(=O)CCCCCCCCCCCC)COP(=O)(O)OCC[N+](C)(C)C. The summed E-state index contributed by atoms with van der Waals surface area (Å²) in [7, 11) is 1.47. The number of likely N-dealkylation sites (N-methyl/N-ethyl adjacent to an activating group) is 1. The molecular weight excluding hydrogens is 617 g/mol. The second-order valence-electron chi connectivity index (χ2n) is 14.0. The van der Waals surface area contributed by atoms with Gasteiger partial charge in [0.25, 0.3) is 0 Å². The molecule has 0 aliphatic rings. The third-order valence-corrected chi connectivity index (χ3v) is 9.03. The number of nitrogens with zero attached hydrogens (tertiary/aromatic N) is 1. The molecule has 0 amide bonds. The smallest absolute Gasteiger partial charge is 0.462 e. The summed E-state index contributed by atoms with van der Waals surface area (Å²) in [6, 6.07) is 0. The van der Waals surface area contributed by atoms with Crippen LogP contribution in [0.4, 0.5) is 0 Å². The van der Waals surface area contributed by atoms with Crippen molar-refractivity contribution in [3.8, 4) is 0 Å². The third-order valence-electron chi connectivity index (χ3n) is 8.05. The van der Waals surface area contributed by atoms with E-state index in [1.54, 1.807) is 0 Å². The van der Waals surface area contributed by atoms with Gasteiger partial charge in [-0.15, -0.1) is 0 Å². The normalized spacial score (nSPS) is 13.9. The van der Waals surface area contributed by atoms with E-state index >= 15 is 0 Å². The lowest BCUT2D eigenvalue weighted by atomic mass is 10.1. The Hall–Kier alpha value is -1.25. The lowest BCUT2D eigenvalue weighted by molar-refractivity contribution is -0.870. The molecule has 9 nitrogen and oxygen atoms in total. The summed E-state index contributed by atoms with van der Waals surface area (Å²) >= 11 is 0. The number of allylic oxidation sites excluding steroid dienone is 2. The highest BCUT2D eigenvalue weighted by atomic mass is 31.2. The van der Waals surface area contributed by atoms with E-state index in [1.165, 1.54) is 77.0 Å². The Balaban J connectivity index is 4.46. The average Bonchev–Trinajstić information content (AvgIpc) is 3.01. The Kier molecular flexibility index (Phi) is 30.0. The predicted molar refractivity (Wildman–Crippen MR) is 192 cm³/mol. The van der Waals surface area contributed by atoms with Crippen LogP contribution >= 0.6 is 7.82 Å². The zero-order chi connectivity index (χ0) is 35.1. The molecule has 2 atom stereocenters. The van der Waals surface area contributed by atoms with Gasteiger partial charge in [-0.2, -0.15) is 0 Å². The molecule has 10 heteroatoms. The van der Waals surface area contributed by atoms with E-state index in [1.807, 2.05) is 21.1 Å². The molecule has 0 heterocycles. The first-order chi connectivity index (χ1) is 22.5. The molecule has 0 saturated carbocycles. The second kappa shape index (κ2) is 30.8. The molecule has 278 valence electrons. The van der Waals surface area contributed by atoms with Crippen LogP contribution in [0.2, 0.25) is 0 Å². The number of ether oxygens (including phenoxy) is 2. The van der Waals surface area contributed by atoms with Gasteiger partial charge in [-0.1, -0.05) is 122 Å². The van der Waals surface area contributed by atoms with Crippen LogP contribution in [0.1, 0.15) is 162 Å². The van der Waals surface area contributed by atoms with Crippen molar-refractivity contribution in [1.82, 2.24) is 0 Å². The van der Waals surface area contributed by atoms with E-state index in [4.69, 9.17) is 18.5 Å². The summed E-state index contributed by atoms with van der Waals surface area (Å²) in [5.74, 6) is -0.808. The van der Waals surface area contributed by atoms with Crippen LogP contribution in [-0.2, 0) is 32.7 Å². The summed E-state index contributed by atoms with van der Waals surface area (Å²) < 4.78 is 34.1. The maximum absolute atomic E-state index is 12.6. The van der Waals surface area contributed by atoms with Crippen LogP contribution in [0.15, 0.2) is 12.2 Å². The predicted octanol–water partition coefficient (Wildman–Crippen LogP) is 9.85. The van der Waals surface area contributed by atoms with Crippen LogP contribution in [0, 0.1) is 0 Å². The van der Waals surface area contributed by atoms with Crippen molar-refractivity contribution in [3.05, 3.63) is 12.2 Å². The van der Waals surface area contributed by atoms with E-state index in [0.29, 0.717) is 23.9 Å². The van der Waals surface area contributed by atoms with Gasteiger partial charge in [0.2, 0.25) is 0 Å². The Bertz CT molecular complexity index is 830. The highest BCUT2D eigenvalue weighted by molar-refractivity contribution is 7.47. The number of hydrogen-bond donors (Lipinski definition) is 1. The summed E-state index contributed by atoms with van der Waals surface area (Å²) in [6.07, 6.45) is 28.3. The van der Waals surface area contributed by atoms with Gasteiger partial charge >= 0.3 is 19.8 Å². The maximum Gasteiger partial charge on any atom is 0.472 e. The topological polar surface area (TPSA) is 108 Å². The molecule has 47 heavy (non-hydrogen) atoms. The van der Waals surface area contributed by atoms with Gasteiger partial charge in [0.05, 0.1) is 27.7 Å². The first-order valence-corrected chi connectivity index (χ1v) is 20.4. The van der Waals surface area contributed by atoms with Gasteiger partial charge in [0.1, 0.15) is 19.8 Å². The van der Waals surface area contributed by atoms with Gasteiger partial charge in [-0.25, -0.2) is 4.57 Å². The number of hydrogen-bond acceptors (Lipinski definition) is 7. The number of quaternary nitrogens is 1. The van der Waals surface area contributed by atoms with Crippen LogP contribution in [0.25, 0.3) is 0 Å². The standard InChI is InChI=1S/C37H72NO8P/c1-6-8-10-12-14-16-18-19-20-22-24-26-28-30-37(40)46-35(34-45-47(41,42)44-32-31-38(3,4)5)33-43-36(39)29-27-25-23-21-17-15-13-11-9-7-2/h16,18,35H,6-15,17,19-34H2,1-5H3/p+1/b18-16-. The third kappa shape index (κ3) is 34.4. The lowest BCUT2D eigenvalue weighted by Crippen LogP contribution is -2.37. The summed E-state index contributed by atoms with van der Waals surface area (Å²) in [5.41, 5.74) is 0. The van der Waals surface area contributed by atoms with Crippen molar-refractivity contribution in [3.63, 3.8) is 0 Å². The number of esters is 2. The average molecular weight is 691 g/mol. The van der Waals surface area contributed by atoms with Gasteiger partial charge in [0.15, 0.2) is 6.10 Å². The van der Waals surface area contributed by atoms with Crippen molar-refractivity contribution >= 4 is 19.8 Å². The van der Waals surface area contributed by atoms with Crippen molar-refractivity contribution < 1.29 is 42.1 Å². The van der Waals surface area contributed by atoms with Gasteiger partial charge < -0.3 is 18.9 Å². The first kappa shape index (κ1) is 45.8. The summed E-state index contributed by atoms with van der Waals surface area (Å²) in [4.78, 5) is 35.1. The monoisotopic (exact) mass is 691 g/mol. The highest BCUT2D eigenvalue weighted by Crippen LogP contribution is 2.43. The molecule has 0 aromatic carbocycles. The van der Waals surface area contributed by atoms with Crippen LogP contribution in [0.3, 0.4) is 0 Å². The Morgan fingerprint density at radius 3 is 1.60 bits per heavy atom. The van der Waals surface area contributed by atoms with E-state index in [9.17, 15) is 19.0 Å². The molecule has 1 N–H and O–H groups in total. The molecule has 0 aliphatic heterocycles. The van der Waals surface area contributed by atoms with E-state index in [2.05, 4.69) is 26.0 Å². The van der Waals surface area contributed by atoms with E-state index in [-0.39, 0.29) is 25.6 Å². The molecule has 0 aromatic heterocycles. The van der Waals surface area contributed by atoms with Crippen molar-refractivity contribution in [2.45, 2.75) is 168 Å². The fourth-order valence-corrected chi connectivity index (χ4v) is 5.75. The molecule has 2 unspecified atom stereocenters. The fraction of sp³-hybridized carbons (Fsp3) is 0.892. The molecule has 0 bridgehead atoms. The molecule has 0 radical (unpaired) electrons. The molecule has 0 rings (SSSR count). The fourth-order valence-electron chi connectivity index (χ4n) is 5.01. The van der Waals surface area contributed by atoms with Gasteiger partial charge in [-0.05, 0) is 38.5 Å². The minimum absolute atomic E-state index is 0.0326. The minimum Gasteiger partial charge on any atom is -0.462 e. The Morgan fingerprint density at radius 2 is 1.09 bits per heavy atom. The van der Waals surface area contributed by atoms with E-state index in [0.717, 1.165) is 51.4 Å². The second-order valence-corrected chi connectivity index (χ2v) is 15.4. The molecule has 0 fully saturated rings. The molecular formula is C37H73NO8P+. The van der Waals surface area contributed by atoms with E-state index < -0.39 is 26.5 Å². The first-order valence-electron chi connectivity index (χ1n) is 18.9. The largest absolute Gasteiger partial charge is 0.472 e. The lowest BCUT2D eigenvalue weighted by Gasteiger charge is -2.24. The number of carbonyl (C=O) groups is 2. The number of unbranched alkanes of at least 4 members (excludes halogenated alkanes) is 18. The Labute approximate surface area is 288 Å².